The van der Waals surface area contributed by atoms with Crippen molar-refractivity contribution in [1.29, 1.82) is 0 Å². The first-order valence-corrected chi connectivity index (χ1v) is 10.2. The molecular formula is C21H30ClN3S. The molecule has 0 fully saturated rings. The van der Waals surface area contributed by atoms with E-state index in [0.717, 1.165) is 21.2 Å². The van der Waals surface area contributed by atoms with E-state index in [-0.39, 0.29) is 6.04 Å². The van der Waals surface area contributed by atoms with E-state index in [2.05, 4.69) is 16.7 Å². The summed E-state index contributed by atoms with van der Waals surface area (Å²) in [6.45, 7) is 11.8. The van der Waals surface area contributed by atoms with Crippen LogP contribution in [0.1, 0.15) is 33.3 Å². The van der Waals surface area contributed by atoms with Gasteiger partial charge in [-0.05, 0) is 32.2 Å². The molecule has 0 aliphatic heterocycles. The molecule has 0 heterocycles. The normalized spacial score (nSPS) is 13.1. The number of aliphatic imine (C=N–C) groups is 1. The van der Waals surface area contributed by atoms with E-state index in [1.165, 1.54) is 0 Å². The molecule has 0 aromatic heterocycles. The first-order chi connectivity index (χ1) is 12.4. The minimum Gasteiger partial charge on any atom is -0.267 e. The summed E-state index contributed by atoms with van der Waals surface area (Å²) in [5.74, 6) is 0. The highest BCUT2D eigenvalue weighted by Gasteiger charge is 2.03. The maximum atomic E-state index is 5.92. The molecule has 0 amide bonds. The van der Waals surface area contributed by atoms with Crippen LogP contribution in [0.4, 0.5) is 0 Å². The Kier molecular flexibility index (Phi) is 13.4. The van der Waals surface area contributed by atoms with Gasteiger partial charge in [-0.25, -0.2) is 0 Å². The molecule has 1 aromatic rings. The van der Waals surface area contributed by atoms with Crippen LogP contribution in [0, 0.1) is 0 Å². The summed E-state index contributed by atoms with van der Waals surface area (Å²) < 4.78 is 0. The van der Waals surface area contributed by atoms with Crippen LogP contribution >= 0.6 is 23.4 Å². The fraction of sp³-hybridized carbons (Fsp3) is 0.333. The Balaban J connectivity index is 0.00000301. The van der Waals surface area contributed by atoms with E-state index >= 15 is 0 Å². The summed E-state index contributed by atoms with van der Waals surface area (Å²) in [5.41, 5.74) is 2.06. The number of thioether (sulfide) groups is 1. The van der Waals surface area contributed by atoms with E-state index in [0.29, 0.717) is 0 Å². The van der Waals surface area contributed by atoms with Gasteiger partial charge >= 0.3 is 0 Å². The third-order valence-corrected chi connectivity index (χ3v) is 3.84. The molecular weight excluding hydrogens is 362 g/mol. The standard InChI is InChI=1S/C19H24ClN3S.C2H6/c1-15(2)8-6-7-9-16(3)21-14-23(4)22-19(24-5)17-10-12-18(20)13-11-17;1-2/h6-14,16H,1H2,2-5H3;1-2H3/b8-6-,9-7-,21-14?,22-19-;. The minimum absolute atomic E-state index is 0.0747. The maximum absolute atomic E-state index is 5.92. The van der Waals surface area contributed by atoms with Gasteiger partial charge in [-0.3, -0.25) is 10.0 Å². The van der Waals surface area contributed by atoms with Gasteiger partial charge < -0.3 is 0 Å². The highest BCUT2D eigenvalue weighted by atomic mass is 35.5. The van der Waals surface area contributed by atoms with Crippen molar-refractivity contribution in [2.45, 2.75) is 33.7 Å². The van der Waals surface area contributed by atoms with Gasteiger partial charge in [-0.1, -0.05) is 74.0 Å². The molecule has 5 heteroatoms. The van der Waals surface area contributed by atoms with Gasteiger partial charge in [0.1, 0.15) is 11.4 Å². The van der Waals surface area contributed by atoms with E-state index in [1.807, 2.05) is 89.6 Å². The monoisotopic (exact) mass is 391 g/mol. The van der Waals surface area contributed by atoms with Crippen LogP contribution in [0.15, 0.2) is 70.8 Å². The second-order valence-corrected chi connectivity index (χ2v) is 6.52. The van der Waals surface area contributed by atoms with E-state index in [9.17, 15) is 0 Å². The molecule has 0 spiro atoms. The lowest BCUT2D eigenvalue weighted by Crippen LogP contribution is -2.13. The van der Waals surface area contributed by atoms with Crippen molar-refractivity contribution < 1.29 is 0 Å². The maximum Gasteiger partial charge on any atom is 0.124 e. The molecule has 0 aliphatic rings. The van der Waals surface area contributed by atoms with Crippen molar-refractivity contribution in [2.24, 2.45) is 10.1 Å². The van der Waals surface area contributed by atoms with E-state index in [4.69, 9.17) is 11.6 Å². The molecule has 26 heavy (non-hydrogen) atoms. The number of hydrogen-bond acceptors (Lipinski definition) is 3. The Morgan fingerprint density at radius 3 is 2.38 bits per heavy atom. The third kappa shape index (κ3) is 11.0. The van der Waals surface area contributed by atoms with Gasteiger partial charge in [0.05, 0.1) is 6.04 Å². The summed E-state index contributed by atoms with van der Waals surface area (Å²) in [6, 6.07) is 7.72. The predicted molar refractivity (Wildman–Crippen MR) is 122 cm³/mol. The molecule has 142 valence electrons. The highest BCUT2D eigenvalue weighted by molar-refractivity contribution is 8.13. The number of hydrazone groups is 1. The van der Waals surface area contributed by atoms with Crippen LogP contribution in [-0.4, -0.2) is 35.7 Å². The predicted octanol–water partition coefficient (Wildman–Crippen LogP) is 6.43. The van der Waals surface area contributed by atoms with Gasteiger partial charge in [0.25, 0.3) is 0 Å². The number of hydrogen-bond donors (Lipinski definition) is 0. The number of rotatable bonds is 7. The van der Waals surface area contributed by atoms with Gasteiger partial charge in [0.15, 0.2) is 0 Å². The summed E-state index contributed by atoms with van der Waals surface area (Å²) in [5, 5.41) is 7.90. The molecule has 1 atom stereocenters. The zero-order valence-electron chi connectivity index (χ0n) is 16.6. The molecule has 0 aliphatic carbocycles. The smallest absolute Gasteiger partial charge is 0.124 e. The van der Waals surface area contributed by atoms with Gasteiger partial charge in [-0.15, -0.1) is 11.8 Å². The summed E-state index contributed by atoms with van der Waals surface area (Å²) in [7, 11) is 1.87. The molecule has 3 nitrogen and oxygen atoms in total. The molecule has 1 unspecified atom stereocenters. The molecule has 1 rings (SSSR count). The average Bonchev–Trinajstić information content (AvgIpc) is 2.64. The Bertz CT molecular complexity index is 646. The number of nitrogens with zero attached hydrogens (tertiary/aromatic N) is 3. The molecule has 0 saturated carbocycles. The van der Waals surface area contributed by atoms with Crippen molar-refractivity contribution in [1.82, 2.24) is 5.01 Å². The fourth-order valence-electron chi connectivity index (χ4n) is 1.67. The Labute approximate surface area is 168 Å². The zero-order chi connectivity index (χ0) is 19.9. The summed E-state index contributed by atoms with van der Waals surface area (Å²) in [6.07, 6.45) is 11.6. The SMILES string of the molecule is C=C(C)/C=C\C=C/C(C)N=CN(C)/N=C(\SC)c1ccc(Cl)cc1.CC. The van der Waals surface area contributed by atoms with Crippen molar-refractivity contribution in [3.63, 3.8) is 0 Å². The van der Waals surface area contributed by atoms with Crippen molar-refractivity contribution in [3.8, 4) is 0 Å². The van der Waals surface area contributed by atoms with E-state index in [1.54, 1.807) is 23.1 Å². The van der Waals surface area contributed by atoms with Crippen LogP contribution in [0.3, 0.4) is 0 Å². The second-order valence-electron chi connectivity index (χ2n) is 5.29. The second kappa shape index (κ2) is 14.4. The number of benzene rings is 1. The quantitative estimate of drug-likeness (QED) is 0.232. The average molecular weight is 392 g/mol. The number of halogens is 1. The zero-order valence-corrected chi connectivity index (χ0v) is 18.2. The Hall–Kier alpha value is -1.78. The van der Waals surface area contributed by atoms with Crippen LogP contribution in [0.2, 0.25) is 5.02 Å². The molecule has 0 saturated heterocycles. The van der Waals surface area contributed by atoms with Crippen molar-refractivity contribution >= 4 is 34.7 Å². The van der Waals surface area contributed by atoms with Crippen LogP contribution in [0.5, 0.6) is 0 Å². The van der Waals surface area contributed by atoms with Gasteiger partial charge in [0, 0.05) is 17.6 Å². The Morgan fingerprint density at radius 2 is 1.85 bits per heavy atom. The lowest BCUT2D eigenvalue weighted by Gasteiger charge is -2.10. The van der Waals surface area contributed by atoms with Crippen LogP contribution in [-0.2, 0) is 0 Å². The fourth-order valence-corrected chi connectivity index (χ4v) is 2.38. The molecule has 0 radical (unpaired) electrons. The summed E-state index contributed by atoms with van der Waals surface area (Å²) in [4.78, 5) is 4.46. The van der Waals surface area contributed by atoms with Crippen LogP contribution < -0.4 is 0 Å². The highest BCUT2D eigenvalue weighted by Crippen LogP contribution is 2.15. The van der Waals surface area contributed by atoms with E-state index < -0.39 is 0 Å². The lowest BCUT2D eigenvalue weighted by molar-refractivity contribution is 0.559. The molecule has 1 aromatic carbocycles. The van der Waals surface area contributed by atoms with Crippen molar-refractivity contribution in [3.05, 3.63) is 71.3 Å². The molecule has 0 bridgehead atoms. The third-order valence-electron chi connectivity index (χ3n) is 2.88. The first kappa shape index (κ1) is 24.2. The molecule has 0 N–H and O–H groups in total. The number of allylic oxidation sites excluding steroid dienone is 4. The summed E-state index contributed by atoms with van der Waals surface area (Å²) >= 11 is 7.51. The van der Waals surface area contributed by atoms with Gasteiger partial charge in [-0.2, -0.15) is 5.10 Å². The first-order valence-electron chi connectivity index (χ1n) is 8.57. The minimum atomic E-state index is 0.0747. The lowest BCUT2D eigenvalue weighted by atomic mass is 10.2. The van der Waals surface area contributed by atoms with Gasteiger partial charge in [0.2, 0.25) is 0 Å². The van der Waals surface area contributed by atoms with Crippen LogP contribution in [0.25, 0.3) is 0 Å². The Morgan fingerprint density at radius 1 is 1.23 bits per heavy atom. The largest absolute Gasteiger partial charge is 0.267 e. The topological polar surface area (TPSA) is 28.0 Å². The van der Waals surface area contributed by atoms with Crippen molar-refractivity contribution in [2.75, 3.05) is 13.3 Å².